The highest BCUT2D eigenvalue weighted by molar-refractivity contribution is 6.00. The Bertz CT molecular complexity index is 1190. The van der Waals surface area contributed by atoms with E-state index in [2.05, 4.69) is 10.6 Å². The number of hydrogen-bond acceptors (Lipinski definition) is 6. The first kappa shape index (κ1) is 30.1. The predicted octanol–water partition coefficient (Wildman–Crippen LogP) is 3.69. The van der Waals surface area contributed by atoms with E-state index < -0.39 is 54.0 Å². The molecule has 0 heterocycles. The van der Waals surface area contributed by atoms with Gasteiger partial charge in [0.15, 0.2) is 0 Å². The number of amides is 4. The SMILES string of the molecule is Cc1ccccc1NC(=O)C(c1cccc(C)c1O)N(C(=O)C(CC(N)=O)NC(=O)OC(C)(C)C)C(C)C. The molecule has 10 heteroatoms. The number of phenolic OH excluding ortho intramolecular Hbond substituents is 1. The normalized spacial score (nSPS) is 12.8. The summed E-state index contributed by atoms with van der Waals surface area (Å²) in [6.07, 6.45) is -1.44. The average Bonchev–Trinajstić information content (AvgIpc) is 2.78. The van der Waals surface area contributed by atoms with Gasteiger partial charge in [0.2, 0.25) is 11.8 Å². The van der Waals surface area contributed by atoms with Crippen molar-refractivity contribution in [1.29, 1.82) is 0 Å². The summed E-state index contributed by atoms with van der Waals surface area (Å²) in [6.45, 7) is 11.9. The molecule has 0 bridgehead atoms. The third-order valence-electron chi connectivity index (χ3n) is 5.70. The standard InChI is InChI=1S/C28H38N4O6/c1-16(2)32(26(36)21(15-22(29)33)31-27(37)38-28(5,6)7)23(19-13-10-12-18(4)24(19)34)25(35)30-20-14-9-8-11-17(20)3/h8-14,16,21,23,34H,15H2,1-7H3,(H2,29,33)(H,30,35)(H,31,37). The van der Waals surface area contributed by atoms with Gasteiger partial charge in [-0.2, -0.15) is 0 Å². The Morgan fingerprint density at radius 1 is 1.00 bits per heavy atom. The maximum absolute atomic E-state index is 13.9. The van der Waals surface area contributed by atoms with Gasteiger partial charge in [0.1, 0.15) is 23.4 Å². The lowest BCUT2D eigenvalue weighted by Crippen LogP contribution is -2.55. The average molecular weight is 527 g/mol. The van der Waals surface area contributed by atoms with Crippen molar-refractivity contribution >= 4 is 29.5 Å². The first-order valence-corrected chi connectivity index (χ1v) is 12.4. The summed E-state index contributed by atoms with van der Waals surface area (Å²) in [7, 11) is 0. The van der Waals surface area contributed by atoms with Gasteiger partial charge in [0.05, 0.1) is 6.42 Å². The van der Waals surface area contributed by atoms with E-state index in [1.165, 1.54) is 4.90 Å². The highest BCUT2D eigenvalue weighted by atomic mass is 16.6. The lowest BCUT2D eigenvalue weighted by atomic mass is 9.97. The number of nitrogens with two attached hydrogens (primary N) is 1. The van der Waals surface area contributed by atoms with Crippen LogP contribution in [0.5, 0.6) is 5.75 Å². The smallest absolute Gasteiger partial charge is 0.408 e. The molecule has 2 rings (SSSR count). The van der Waals surface area contributed by atoms with Gasteiger partial charge in [0, 0.05) is 17.3 Å². The van der Waals surface area contributed by atoms with E-state index in [0.717, 1.165) is 5.56 Å². The van der Waals surface area contributed by atoms with Gasteiger partial charge >= 0.3 is 6.09 Å². The monoisotopic (exact) mass is 526 g/mol. The molecular weight excluding hydrogens is 488 g/mol. The van der Waals surface area contributed by atoms with Gasteiger partial charge in [-0.3, -0.25) is 14.4 Å². The summed E-state index contributed by atoms with van der Waals surface area (Å²) >= 11 is 0. The molecule has 0 aliphatic carbocycles. The number of aromatic hydroxyl groups is 1. The Labute approximate surface area is 223 Å². The first-order valence-electron chi connectivity index (χ1n) is 12.4. The van der Waals surface area contributed by atoms with E-state index in [-0.39, 0.29) is 11.3 Å². The van der Waals surface area contributed by atoms with Crippen LogP contribution in [0.15, 0.2) is 42.5 Å². The van der Waals surface area contributed by atoms with Gasteiger partial charge in [-0.1, -0.05) is 36.4 Å². The van der Waals surface area contributed by atoms with Crippen molar-refractivity contribution < 1.29 is 29.0 Å². The second-order valence-corrected chi connectivity index (χ2v) is 10.4. The van der Waals surface area contributed by atoms with Gasteiger partial charge in [-0.15, -0.1) is 0 Å². The summed E-state index contributed by atoms with van der Waals surface area (Å²) in [5, 5.41) is 16.2. The molecule has 0 aliphatic rings. The maximum atomic E-state index is 13.9. The first-order chi connectivity index (χ1) is 17.6. The van der Waals surface area contributed by atoms with Crippen LogP contribution in [-0.4, -0.2) is 51.5 Å². The molecule has 10 nitrogen and oxygen atoms in total. The van der Waals surface area contributed by atoms with Gasteiger partial charge in [-0.25, -0.2) is 4.79 Å². The van der Waals surface area contributed by atoms with E-state index in [0.29, 0.717) is 11.3 Å². The number of rotatable bonds is 9. The molecular formula is C28H38N4O6. The van der Waals surface area contributed by atoms with Crippen LogP contribution in [0.4, 0.5) is 10.5 Å². The number of alkyl carbamates (subject to hydrolysis) is 1. The van der Waals surface area contributed by atoms with Crippen molar-refractivity contribution in [2.24, 2.45) is 5.73 Å². The van der Waals surface area contributed by atoms with Crippen molar-refractivity contribution in [3.05, 3.63) is 59.2 Å². The molecule has 2 aromatic carbocycles. The molecule has 0 spiro atoms. The van der Waals surface area contributed by atoms with Crippen molar-refractivity contribution in [3.63, 3.8) is 0 Å². The highest BCUT2D eigenvalue weighted by Gasteiger charge is 2.39. The number of phenols is 1. The number of nitrogens with one attached hydrogen (secondary N) is 2. The zero-order valence-electron chi connectivity index (χ0n) is 23.0. The van der Waals surface area contributed by atoms with Crippen LogP contribution in [-0.2, 0) is 19.1 Å². The van der Waals surface area contributed by atoms with Gasteiger partial charge in [0.25, 0.3) is 5.91 Å². The lowest BCUT2D eigenvalue weighted by molar-refractivity contribution is -0.144. The molecule has 2 atom stereocenters. The van der Waals surface area contributed by atoms with Crippen molar-refractivity contribution in [2.75, 3.05) is 5.32 Å². The summed E-state index contributed by atoms with van der Waals surface area (Å²) in [5.74, 6) is -2.31. The minimum absolute atomic E-state index is 0.151. The van der Waals surface area contributed by atoms with Crippen LogP contribution in [0.2, 0.25) is 0 Å². The summed E-state index contributed by atoms with van der Waals surface area (Å²) in [5.41, 5.74) is 6.57. The number of anilines is 1. The Morgan fingerprint density at radius 3 is 2.16 bits per heavy atom. The second kappa shape index (κ2) is 12.4. The molecule has 0 radical (unpaired) electrons. The molecule has 4 amide bonds. The Kier molecular flexibility index (Phi) is 9.87. The van der Waals surface area contributed by atoms with Crippen LogP contribution in [0.1, 0.15) is 63.8 Å². The molecule has 38 heavy (non-hydrogen) atoms. The number of ether oxygens (including phenoxy) is 1. The molecule has 2 aromatic rings. The molecule has 0 saturated heterocycles. The quantitative estimate of drug-likeness (QED) is 0.391. The Hall–Kier alpha value is -4.08. The molecule has 5 N–H and O–H groups in total. The fourth-order valence-corrected chi connectivity index (χ4v) is 3.94. The van der Waals surface area contributed by atoms with Gasteiger partial charge in [-0.05, 0) is 65.7 Å². The summed E-state index contributed by atoms with van der Waals surface area (Å²) in [4.78, 5) is 53.4. The number of hydrogen-bond donors (Lipinski definition) is 4. The highest BCUT2D eigenvalue weighted by Crippen LogP contribution is 2.34. The number of aryl methyl sites for hydroxylation is 2. The number of primary amides is 1. The van der Waals surface area contributed by atoms with Crippen molar-refractivity contribution in [2.45, 2.75) is 78.6 Å². The largest absolute Gasteiger partial charge is 0.507 e. The van der Waals surface area contributed by atoms with E-state index in [1.54, 1.807) is 71.9 Å². The van der Waals surface area contributed by atoms with Crippen LogP contribution in [0.25, 0.3) is 0 Å². The van der Waals surface area contributed by atoms with Crippen LogP contribution >= 0.6 is 0 Å². The minimum atomic E-state index is -1.41. The fraction of sp³-hybridized carbons (Fsp3) is 0.429. The fourth-order valence-electron chi connectivity index (χ4n) is 3.94. The summed E-state index contributed by atoms with van der Waals surface area (Å²) in [6, 6.07) is 8.73. The van der Waals surface area contributed by atoms with Crippen molar-refractivity contribution in [3.8, 4) is 5.75 Å². The van der Waals surface area contributed by atoms with E-state index in [4.69, 9.17) is 10.5 Å². The van der Waals surface area contributed by atoms with Crippen LogP contribution < -0.4 is 16.4 Å². The van der Waals surface area contributed by atoms with E-state index in [9.17, 15) is 24.3 Å². The molecule has 206 valence electrons. The molecule has 0 aromatic heterocycles. The Morgan fingerprint density at radius 2 is 1.61 bits per heavy atom. The number of para-hydroxylation sites is 2. The summed E-state index contributed by atoms with van der Waals surface area (Å²) < 4.78 is 5.27. The second-order valence-electron chi connectivity index (χ2n) is 10.4. The van der Waals surface area contributed by atoms with Crippen molar-refractivity contribution in [1.82, 2.24) is 10.2 Å². The topological polar surface area (TPSA) is 151 Å². The third-order valence-corrected chi connectivity index (χ3v) is 5.70. The predicted molar refractivity (Wildman–Crippen MR) is 144 cm³/mol. The third kappa shape index (κ3) is 7.96. The molecule has 0 fully saturated rings. The number of nitrogens with zero attached hydrogens (tertiary/aromatic N) is 1. The van der Waals surface area contributed by atoms with Gasteiger partial charge < -0.3 is 31.1 Å². The van der Waals surface area contributed by atoms with E-state index >= 15 is 0 Å². The number of carbonyl (C=O) groups excluding carboxylic acids is 4. The number of benzene rings is 2. The zero-order valence-corrected chi connectivity index (χ0v) is 23.0. The molecule has 0 aliphatic heterocycles. The minimum Gasteiger partial charge on any atom is -0.507 e. The van der Waals surface area contributed by atoms with Crippen LogP contribution in [0.3, 0.4) is 0 Å². The number of carbonyl (C=O) groups is 4. The molecule has 0 saturated carbocycles. The van der Waals surface area contributed by atoms with Crippen LogP contribution in [0, 0.1) is 13.8 Å². The lowest BCUT2D eigenvalue weighted by Gasteiger charge is -2.37. The maximum Gasteiger partial charge on any atom is 0.408 e. The van der Waals surface area contributed by atoms with E-state index in [1.807, 2.05) is 19.1 Å². The molecule has 2 unspecified atom stereocenters. The Balaban J connectivity index is 2.60. The zero-order chi connectivity index (χ0) is 28.8.